The van der Waals surface area contributed by atoms with Crippen LogP contribution in [-0.2, 0) is 0 Å². The average molecular weight is 411 g/mol. The number of nitrogens with zero attached hydrogens (tertiary/aromatic N) is 4. The highest BCUT2D eigenvalue weighted by Crippen LogP contribution is 2.32. The molecule has 0 aliphatic rings. The molecule has 10 heteroatoms. The Hall–Kier alpha value is -4.08. The van der Waals surface area contributed by atoms with Crippen molar-refractivity contribution < 1.29 is 23.4 Å². The number of benzene rings is 1. The standard InChI is InChI=1S/C20H15F2N5O3/c1-11(18-16(9-14(22)10-23-18)27-6-2-5-24-27)30-17-8-12-7-13(21)3-4-15(12)25-19(17)26-20(28)29/h2-11H,1H3,(H,25,26)(H,28,29). The van der Waals surface area contributed by atoms with E-state index in [1.165, 1.54) is 41.2 Å². The zero-order valence-electron chi connectivity index (χ0n) is 15.6. The van der Waals surface area contributed by atoms with Gasteiger partial charge in [0.15, 0.2) is 11.6 Å². The number of nitrogens with one attached hydrogen (secondary N) is 1. The van der Waals surface area contributed by atoms with E-state index in [1.807, 2.05) is 0 Å². The Labute approximate surface area is 168 Å². The molecule has 1 atom stereocenters. The summed E-state index contributed by atoms with van der Waals surface area (Å²) in [5.41, 5.74) is 1.11. The second kappa shape index (κ2) is 7.74. The largest absolute Gasteiger partial charge is 0.480 e. The van der Waals surface area contributed by atoms with Crippen LogP contribution in [0, 0.1) is 11.6 Å². The molecule has 4 rings (SSSR count). The topological polar surface area (TPSA) is 102 Å². The Bertz CT molecular complexity index is 1230. The van der Waals surface area contributed by atoms with Crippen molar-refractivity contribution in [3.63, 3.8) is 0 Å². The zero-order valence-corrected chi connectivity index (χ0v) is 15.6. The van der Waals surface area contributed by atoms with Crippen molar-refractivity contribution in [2.45, 2.75) is 13.0 Å². The molecule has 0 aliphatic carbocycles. The van der Waals surface area contributed by atoms with Crippen LogP contribution in [0.25, 0.3) is 16.6 Å². The van der Waals surface area contributed by atoms with Crippen molar-refractivity contribution in [3.05, 3.63) is 72.3 Å². The Morgan fingerprint density at radius 2 is 2.07 bits per heavy atom. The molecule has 0 radical (unpaired) electrons. The number of aromatic nitrogens is 4. The second-order valence-corrected chi connectivity index (χ2v) is 6.37. The number of carbonyl (C=O) groups is 1. The van der Waals surface area contributed by atoms with Crippen molar-refractivity contribution in [1.29, 1.82) is 0 Å². The third-order valence-electron chi connectivity index (χ3n) is 4.27. The number of anilines is 1. The first kappa shape index (κ1) is 19.2. The summed E-state index contributed by atoms with van der Waals surface area (Å²) in [7, 11) is 0. The summed E-state index contributed by atoms with van der Waals surface area (Å²) in [4.78, 5) is 19.5. The van der Waals surface area contributed by atoms with Crippen LogP contribution in [0.4, 0.5) is 19.4 Å². The Morgan fingerprint density at radius 1 is 1.23 bits per heavy atom. The maximum atomic E-state index is 13.8. The summed E-state index contributed by atoms with van der Waals surface area (Å²) in [6.07, 6.45) is 2.14. The van der Waals surface area contributed by atoms with Crippen molar-refractivity contribution in [2.75, 3.05) is 5.32 Å². The first-order chi connectivity index (χ1) is 14.4. The van der Waals surface area contributed by atoms with Crippen LogP contribution in [0.2, 0.25) is 0 Å². The molecule has 8 nitrogen and oxygen atoms in total. The van der Waals surface area contributed by atoms with Gasteiger partial charge in [-0.15, -0.1) is 0 Å². The predicted octanol–water partition coefficient (Wildman–Crippen LogP) is 4.32. The van der Waals surface area contributed by atoms with Gasteiger partial charge in [0, 0.05) is 23.8 Å². The summed E-state index contributed by atoms with van der Waals surface area (Å²) >= 11 is 0. The lowest BCUT2D eigenvalue weighted by atomic mass is 10.2. The molecule has 3 heterocycles. The van der Waals surface area contributed by atoms with Crippen LogP contribution in [0.5, 0.6) is 5.75 Å². The van der Waals surface area contributed by atoms with E-state index in [9.17, 15) is 13.6 Å². The molecule has 0 saturated heterocycles. The van der Waals surface area contributed by atoms with E-state index in [4.69, 9.17) is 9.84 Å². The number of carboxylic acid groups (broad SMARTS) is 1. The molecular formula is C20H15F2N5O3. The molecule has 1 unspecified atom stereocenters. The Morgan fingerprint density at radius 3 is 2.80 bits per heavy atom. The van der Waals surface area contributed by atoms with Crippen LogP contribution in [0.3, 0.4) is 0 Å². The van der Waals surface area contributed by atoms with E-state index in [2.05, 4.69) is 20.4 Å². The van der Waals surface area contributed by atoms with Crippen molar-refractivity contribution in [2.24, 2.45) is 0 Å². The highest BCUT2D eigenvalue weighted by Gasteiger charge is 2.20. The molecule has 0 saturated carbocycles. The third kappa shape index (κ3) is 3.88. The maximum absolute atomic E-state index is 13.8. The lowest BCUT2D eigenvalue weighted by Gasteiger charge is -2.19. The van der Waals surface area contributed by atoms with E-state index in [-0.39, 0.29) is 11.6 Å². The zero-order chi connectivity index (χ0) is 21.3. The van der Waals surface area contributed by atoms with Crippen LogP contribution in [0.1, 0.15) is 18.7 Å². The predicted molar refractivity (Wildman–Crippen MR) is 104 cm³/mol. The minimum absolute atomic E-state index is 0.0591. The van der Waals surface area contributed by atoms with Gasteiger partial charge in [0.25, 0.3) is 0 Å². The minimum atomic E-state index is -1.33. The van der Waals surface area contributed by atoms with E-state index in [0.29, 0.717) is 22.3 Å². The fourth-order valence-electron chi connectivity index (χ4n) is 3.00. The van der Waals surface area contributed by atoms with Crippen LogP contribution in [-0.4, -0.2) is 30.9 Å². The van der Waals surface area contributed by atoms with Gasteiger partial charge in [-0.25, -0.2) is 23.2 Å². The number of rotatable bonds is 5. The summed E-state index contributed by atoms with van der Waals surface area (Å²) in [5.74, 6) is -1.01. The smallest absolute Gasteiger partial charge is 0.410 e. The quantitative estimate of drug-likeness (QED) is 0.507. The first-order valence-electron chi connectivity index (χ1n) is 8.83. The fourth-order valence-corrected chi connectivity index (χ4v) is 3.00. The molecule has 30 heavy (non-hydrogen) atoms. The summed E-state index contributed by atoms with van der Waals surface area (Å²) in [6.45, 7) is 1.66. The number of pyridine rings is 2. The number of halogens is 2. The molecule has 1 amide bonds. The van der Waals surface area contributed by atoms with Crippen molar-refractivity contribution in [3.8, 4) is 11.4 Å². The second-order valence-electron chi connectivity index (χ2n) is 6.37. The molecular weight excluding hydrogens is 396 g/mol. The van der Waals surface area contributed by atoms with Gasteiger partial charge in [-0.1, -0.05) is 0 Å². The molecule has 0 spiro atoms. The van der Waals surface area contributed by atoms with Crippen LogP contribution in [0.15, 0.2) is 55.0 Å². The van der Waals surface area contributed by atoms with Gasteiger partial charge in [0.2, 0.25) is 0 Å². The van der Waals surface area contributed by atoms with Gasteiger partial charge in [-0.05, 0) is 37.3 Å². The Balaban J connectivity index is 1.76. The number of fused-ring (bicyclic) bond motifs is 1. The molecule has 0 bridgehead atoms. The highest BCUT2D eigenvalue weighted by molar-refractivity contribution is 5.89. The van der Waals surface area contributed by atoms with Gasteiger partial charge in [0.1, 0.15) is 23.4 Å². The molecule has 2 N–H and O–H groups in total. The minimum Gasteiger partial charge on any atom is -0.480 e. The third-order valence-corrected chi connectivity index (χ3v) is 4.27. The molecule has 0 fully saturated rings. The van der Waals surface area contributed by atoms with Crippen molar-refractivity contribution in [1.82, 2.24) is 19.7 Å². The van der Waals surface area contributed by atoms with E-state index < -0.39 is 23.8 Å². The first-order valence-corrected chi connectivity index (χ1v) is 8.83. The van der Waals surface area contributed by atoms with Gasteiger partial charge >= 0.3 is 6.09 Å². The summed E-state index contributed by atoms with van der Waals surface area (Å²) in [6, 6.07) is 8.33. The van der Waals surface area contributed by atoms with E-state index in [1.54, 1.807) is 19.2 Å². The SMILES string of the molecule is CC(Oc1cc2cc(F)ccc2nc1NC(=O)O)c1ncc(F)cc1-n1cccn1. The Kier molecular flexibility index (Phi) is 4.97. The summed E-state index contributed by atoms with van der Waals surface area (Å²) in [5, 5.41) is 15.8. The lowest BCUT2D eigenvalue weighted by Crippen LogP contribution is -2.14. The molecule has 152 valence electrons. The highest BCUT2D eigenvalue weighted by atomic mass is 19.1. The molecule has 3 aromatic heterocycles. The monoisotopic (exact) mass is 411 g/mol. The van der Waals surface area contributed by atoms with Gasteiger partial charge < -0.3 is 9.84 Å². The van der Waals surface area contributed by atoms with Crippen LogP contribution < -0.4 is 10.1 Å². The normalized spacial score (nSPS) is 12.0. The van der Waals surface area contributed by atoms with Crippen LogP contribution >= 0.6 is 0 Å². The molecule has 1 aromatic carbocycles. The number of hydrogen-bond donors (Lipinski definition) is 2. The van der Waals surface area contributed by atoms with Crippen molar-refractivity contribution >= 4 is 22.8 Å². The van der Waals surface area contributed by atoms with Gasteiger partial charge in [-0.3, -0.25) is 10.3 Å². The number of amides is 1. The van der Waals surface area contributed by atoms with Gasteiger partial charge in [0.05, 0.1) is 17.4 Å². The number of hydrogen-bond acceptors (Lipinski definition) is 5. The van der Waals surface area contributed by atoms with E-state index >= 15 is 0 Å². The van der Waals surface area contributed by atoms with E-state index in [0.717, 1.165) is 6.20 Å². The molecule has 4 aromatic rings. The number of ether oxygens (including phenoxy) is 1. The average Bonchev–Trinajstić information content (AvgIpc) is 3.22. The molecule has 0 aliphatic heterocycles. The lowest BCUT2D eigenvalue weighted by molar-refractivity contribution is 0.207. The van der Waals surface area contributed by atoms with Gasteiger partial charge in [-0.2, -0.15) is 5.10 Å². The fraction of sp³-hybridized carbons (Fsp3) is 0.100. The maximum Gasteiger partial charge on any atom is 0.410 e. The summed E-state index contributed by atoms with van der Waals surface area (Å²) < 4.78 is 34.8.